The van der Waals surface area contributed by atoms with Crippen molar-refractivity contribution in [1.82, 2.24) is 15.2 Å². The van der Waals surface area contributed by atoms with Crippen molar-refractivity contribution in [1.29, 1.82) is 0 Å². The van der Waals surface area contributed by atoms with E-state index in [0.29, 0.717) is 5.92 Å². The molecule has 3 atom stereocenters. The smallest absolute Gasteiger partial charge is 0.224 e. The number of hydrogen-bond acceptors (Lipinski definition) is 5. The van der Waals surface area contributed by atoms with Gasteiger partial charge in [0.2, 0.25) is 5.91 Å². The summed E-state index contributed by atoms with van der Waals surface area (Å²) in [4.78, 5) is 20.7. The maximum Gasteiger partial charge on any atom is 0.224 e. The molecule has 3 aliphatic rings. The van der Waals surface area contributed by atoms with Gasteiger partial charge in [-0.15, -0.1) is 11.3 Å². The molecule has 23 heavy (non-hydrogen) atoms. The van der Waals surface area contributed by atoms with Gasteiger partial charge in [0.25, 0.3) is 0 Å². The first-order valence-electron chi connectivity index (χ1n) is 8.71. The van der Waals surface area contributed by atoms with Crippen molar-refractivity contribution < 1.29 is 9.53 Å². The minimum Gasteiger partial charge on any atom is -0.377 e. The largest absolute Gasteiger partial charge is 0.377 e. The van der Waals surface area contributed by atoms with Crippen molar-refractivity contribution in [3.05, 3.63) is 16.1 Å². The summed E-state index contributed by atoms with van der Waals surface area (Å²) in [6, 6.07) is 0. The maximum atomic E-state index is 12.7. The lowest BCUT2D eigenvalue weighted by atomic mass is 9.82. The zero-order chi connectivity index (χ0) is 15.8. The summed E-state index contributed by atoms with van der Waals surface area (Å²) < 4.78 is 5.92. The molecule has 1 aliphatic carbocycles. The molecule has 126 valence electrons. The van der Waals surface area contributed by atoms with E-state index in [0.717, 1.165) is 50.8 Å². The number of piperidine rings is 1. The first-order valence-corrected chi connectivity index (χ1v) is 9.59. The predicted octanol–water partition coefficient (Wildman–Crippen LogP) is 1.81. The van der Waals surface area contributed by atoms with Crippen molar-refractivity contribution >= 4 is 17.2 Å². The van der Waals surface area contributed by atoms with Gasteiger partial charge >= 0.3 is 0 Å². The monoisotopic (exact) mass is 335 g/mol. The van der Waals surface area contributed by atoms with Gasteiger partial charge in [-0.05, 0) is 32.1 Å². The Labute approximate surface area is 141 Å². The normalized spacial score (nSPS) is 31.1. The van der Waals surface area contributed by atoms with Gasteiger partial charge in [-0.3, -0.25) is 9.69 Å². The molecule has 0 radical (unpaired) electrons. The molecule has 3 fully saturated rings. The quantitative estimate of drug-likeness (QED) is 0.892. The first kappa shape index (κ1) is 15.5. The molecule has 6 heteroatoms. The minimum atomic E-state index is 0.0724. The van der Waals surface area contributed by atoms with Gasteiger partial charge in [-0.1, -0.05) is 0 Å². The van der Waals surface area contributed by atoms with Crippen molar-refractivity contribution in [2.45, 2.75) is 38.8 Å². The fraction of sp³-hybridized carbons (Fsp3) is 0.765. The van der Waals surface area contributed by atoms with Gasteiger partial charge in [-0.25, -0.2) is 4.98 Å². The number of ether oxygens (including phenoxy) is 1. The predicted molar refractivity (Wildman–Crippen MR) is 89.2 cm³/mol. The van der Waals surface area contributed by atoms with Crippen LogP contribution in [-0.4, -0.2) is 48.1 Å². The van der Waals surface area contributed by atoms with Gasteiger partial charge in [0.15, 0.2) is 0 Å². The van der Waals surface area contributed by atoms with E-state index in [9.17, 15) is 4.79 Å². The van der Waals surface area contributed by atoms with Gasteiger partial charge in [0, 0.05) is 43.6 Å². The van der Waals surface area contributed by atoms with Gasteiger partial charge in [0.1, 0.15) is 0 Å². The summed E-state index contributed by atoms with van der Waals surface area (Å²) in [5, 5.41) is 3.19. The van der Waals surface area contributed by atoms with Gasteiger partial charge in [0.05, 0.1) is 23.2 Å². The molecule has 1 saturated carbocycles. The fourth-order valence-electron chi connectivity index (χ4n) is 3.84. The molecule has 1 aromatic rings. The van der Waals surface area contributed by atoms with E-state index in [1.54, 1.807) is 11.3 Å². The second-order valence-electron chi connectivity index (χ2n) is 7.21. The third kappa shape index (κ3) is 3.44. The number of carbonyl (C=O) groups is 1. The molecule has 4 rings (SSSR count). The highest BCUT2D eigenvalue weighted by Crippen LogP contribution is 2.35. The zero-order valence-electron chi connectivity index (χ0n) is 13.7. The van der Waals surface area contributed by atoms with Crippen LogP contribution in [0.1, 0.15) is 29.8 Å². The molecule has 0 bridgehead atoms. The van der Waals surface area contributed by atoms with E-state index in [-0.39, 0.29) is 17.9 Å². The Balaban J connectivity index is 1.43. The molecule has 3 heterocycles. The van der Waals surface area contributed by atoms with E-state index >= 15 is 0 Å². The Bertz CT molecular complexity index is 572. The molecular weight excluding hydrogens is 310 g/mol. The van der Waals surface area contributed by atoms with Crippen LogP contribution in [0.15, 0.2) is 5.51 Å². The summed E-state index contributed by atoms with van der Waals surface area (Å²) in [5.74, 6) is 1.44. The number of rotatable bonds is 5. The van der Waals surface area contributed by atoms with Gasteiger partial charge in [-0.2, -0.15) is 0 Å². The van der Waals surface area contributed by atoms with E-state index in [4.69, 9.17) is 4.74 Å². The SMILES string of the molecule is Cc1ncsc1CN1C[C@@H]2OCC[C@@H]2[C@@H](C(=O)NCC2CC2)C1. The zero-order valence-corrected chi connectivity index (χ0v) is 14.5. The number of thiazole rings is 1. The molecular formula is C17H25N3O2S. The van der Waals surface area contributed by atoms with Crippen LogP contribution < -0.4 is 5.32 Å². The maximum absolute atomic E-state index is 12.7. The molecule has 0 unspecified atom stereocenters. The Morgan fingerprint density at radius 1 is 1.43 bits per heavy atom. The summed E-state index contributed by atoms with van der Waals surface area (Å²) in [7, 11) is 0. The van der Waals surface area contributed by atoms with Crippen molar-refractivity contribution in [3.63, 3.8) is 0 Å². The second-order valence-corrected chi connectivity index (χ2v) is 8.15. The van der Waals surface area contributed by atoms with Crippen LogP contribution in [0.25, 0.3) is 0 Å². The topological polar surface area (TPSA) is 54.5 Å². The lowest BCUT2D eigenvalue weighted by Gasteiger charge is -2.39. The van der Waals surface area contributed by atoms with Crippen LogP contribution in [-0.2, 0) is 16.1 Å². The van der Waals surface area contributed by atoms with Crippen LogP contribution in [0.3, 0.4) is 0 Å². The Kier molecular flexibility index (Phi) is 4.39. The fourth-order valence-corrected chi connectivity index (χ4v) is 4.66. The highest BCUT2D eigenvalue weighted by Gasteiger charge is 2.44. The Morgan fingerprint density at radius 3 is 3.04 bits per heavy atom. The molecule has 0 spiro atoms. The number of likely N-dealkylation sites (tertiary alicyclic amines) is 1. The van der Waals surface area contributed by atoms with Crippen LogP contribution in [0, 0.1) is 24.7 Å². The minimum absolute atomic E-state index is 0.0724. The van der Waals surface area contributed by atoms with E-state index in [1.807, 2.05) is 5.51 Å². The van der Waals surface area contributed by atoms with E-state index in [2.05, 4.69) is 22.1 Å². The second kappa shape index (κ2) is 6.49. The Morgan fingerprint density at radius 2 is 2.30 bits per heavy atom. The molecule has 1 amide bonds. The number of nitrogens with zero attached hydrogens (tertiary/aromatic N) is 2. The highest BCUT2D eigenvalue weighted by molar-refractivity contribution is 7.09. The Hall–Kier alpha value is -0.980. The standard InChI is InChI=1S/C17H25N3O2S/c1-11-16(23-10-19-11)9-20-7-14(13-4-5-22-15(13)8-20)17(21)18-6-12-2-3-12/h10,12-15H,2-9H2,1H3,(H,18,21)/t13-,14+,15+/m1/s1. The third-order valence-electron chi connectivity index (χ3n) is 5.48. The number of amides is 1. The van der Waals surface area contributed by atoms with E-state index < -0.39 is 0 Å². The van der Waals surface area contributed by atoms with Crippen molar-refractivity contribution in [2.75, 3.05) is 26.2 Å². The molecule has 1 N–H and O–H groups in total. The molecule has 2 saturated heterocycles. The summed E-state index contributed by atoms with van der Waals surface area (Å²) in [6.07, 6.45) is 3.79. The highest BCUT2D eigenvalue weighted by atomic mass is 32.1. The van der Waals surface area contributed by atoms with Crippen molar-refractivity contribution in [3.8, 4) is 0 Å². The molecule has 2 aliphatic heterocycles. The van der Waals surface area contributed by atoms with E-state index in [1.165, 1.54) is 17.7 Å². The first-order chi connectivity index (χ1) is 11.2. The number of aromatic nitrogens is 1. The average molecular weight is 335 g/mol. The van der Waals surface area contributed by atoms with Crippen LogP contribution in [0.4, 0.5) is 0 Å². The number of nitrogens with one attached hydrogen (secondary N) is 1. The lowest BCUT2D eigenvalue weighted by Crippen LogP contribution is -2.52. The lowest BCUT2D eigenvalue weighted by molar-refractivity contribution is -0.131. The molecule has 0 aromatic carbocycles. The van der Waals surface area contributed by atoms with Crippen LogP contribution in [0.2, 0.25) is 0 Å². The summed E-state index contributed by atoms with van der Waals surface area (Å²) in [6.45, 7) is 6.39. The molecule has 5 nitrogen and oxygen atoms in total. The number of aryl methyl sites for hydroxylation is 1. The number of carbonyl (C=O) groups excluding carboxylic acids is 1. The number of fused-ring (bicyclic) bond motifs is 1. The summed E-state index contributed by atoms with van der Waals surface area (Å²) >= 11 is 1.71. The summed E-state index contributed by atoms with van der Waals surface area (Å²) in [5.41, 5.74) is 3.02. The number of hydrogen-bond donors (Lipinski definition) is 1. The molecule has 1 aromatic heterocycles. The van der Waals surface area contributed by atoms with Crippen molar-refractivity contribution in [2.24, 2.45) is 17.8 Å². The van der Waals surface area contributed by atoms with Crippen LogP contribution >= 0.6 is 11.3 Å². The van der Waals surface area contributed by atoms with Gasteiger partial charge < -0.3 is 10.1 Å². The third-order valence-corrected chi connectivity index (χ3v) is 6.40. The average Bonchev–Trinajstić information content (AvgIpc) is 3.11. The van der Waals surface area contributed by atoms with Crippen LogP contribution in [0.5, 0.6) is 0 Å².